The summed E-state index contributed by atoms with van der Waals surface area (Å²) < 4.78 is 0. The lowest BCUT2D eigenvalue weighted by atomic mass is 10.1. The lowest BCUT2D eigenvalue weighted by molar-refractivity contribution is 0.0944. The van der Waals surface area contributed by atoms with E-state index in [1.165, 1.54) is 0 Å². The van der Waals surface area contributed by atoms with E-state index >= 15 is 0 Å². The molecule has 1 unspecified atom stereocenters. The van der Waals surface area contributed by atoms with Crippen LogP contribution >= 0.6 is 11.8 Å². The van der Waals surface area contributed by atoms with Crippen molar-refractivity contribution >= 4 is 23.4 Å². The average molecular weight is 252 g/mol. The molecule has 0 bridgehead atoms. The van der Waals surface area contributed by atoms with Gasteiger partial charge in [0, 0.05) is 24.5 Å². The summed E-state index contributed by atoms with van der Waals surface area (Å²) >= 11 is 1.83. The zero-order valence-electron chi connectivity index (χ0n) is 10.6. The van der Waals surface area contributed by atoms with Gasteiger partial charge in [0.25, 0.3) is 5.91 Å². The fourth-order valence-corrected chi connectivity index (χ4v) is 2.21. The fourth-order valence-electron chi connectivity index (χ4n) is 1.54. The third-order valence-electron chi connectivity index (χ3n) is 2.39. The maximum atomic E-state index is 12.0. The molecule has 17 heavy (non-hydrogen) atoms. The third kappa shape index (κ3) is 4.30. The standard InChI is InChI=1S/C13H20N2OS/c1-4-17-9-10(2)15-13(16)11-7-5-6-8-12(11)14-3/h5-8,10,14H,4,9H2,1-3H3,(H,15,16). The first kappa shape index (κ1) is 13.9. The highest BCUT2D eigenvalue weighted by atomic mass is 32.2. The van der Waals surface area contributed by atoms with Crippen LogP contribution in [-0.4, -0.2) is 30.5 Å². The normalized spacial score (nSPS) is 11.9. The van der Waals surface area contributed by atoms with Crippen LogP contribution in [-0.2, 0) is 0 Å². The van der Waals surface area contributed by atoms with Crippen molar-refractivity contribution in [1.29, 1.82) is 0 Å². The topological polar surface area (TPSA) is 41.1 Å². The van der Waals surface area contributed by atoms with Crippen LogP contribution in [0.25, 0.3) is 0 Å². The predicted molar refractivity (Wildman–Crippen MR) is 75.9 cm³/mol. The highest BCUT2D eigenvalue weighted by Crippen LogP contribution is 2.14. The zero-order valence-corrected chi connectivity index (χ0v) is 11.4. The minimum absolute atomic E-state index is 0.0147. The summed E-state index contributed by atoms with van der Waals surface area (Å²) in [6.45, 7) is 4.15. The van der Waals surface area contributed by atoms with Gasteiger partial charge in [0.1, 0.15) is 0 Å². The van der Waals surface area contributed by atoms with E-state index in [1.807, 2.05) is 50.0 Å². The Balaban J connectivity index is 2.63. The van der Waals surface area contributed by atoms with Gasteiger partial charge >= 0.3 is 0 Å². The molecule has 0 aliphatic rings. The van der Waals surface area contributed by atoms with Crippen LogP contribution in [0.4, 0.5) is 5.69 Å². The van der Waals surface area contributed by atoms with Crippen molar-refractivity contribution in [3.05, 3.63) is 29.8 Å². The Hall–Kier alpha value is -1.16. The second-order valence-corrected chi connectivity index (χ2v) is 5.15. The summed E-state index contributed by atoms with van der Waals surface area (Å²) in [5, 5.41) is 6.03. The van der Waals surface area contributed by atoms with Gasteiger partial charge in [-0.05, 0) is 24.8 Å². The molecule has 0 saturated carbocycles. The number of benzene rings is 1. The molecule has 0 aromatic heterocycles. The number of para-hydroxylation sites is 1. The van der Waals surface area contributed by atoms with Crippen LogP contribution in [0.1, 0.15) is 24.2 Å². The van der Waals surface area contributed by atoms with Crippen LogP contribution in [0.5, 0.6) is 0 Å². The van der Waals surface area contributed by atoms with Crippen molar-refractivity contribution in [2.45, 2.75) is 19.9 Å². The Morgan fingerprint density at radius 2 is 2.12 bits per heavy atom. The van der Waals surface area contributed by atoms with Crippen molar-refractivity contribution in [2.24, 2.45) is 0 Å². The maximum Gasteiger partial charge on any atom is 0.253 e. The largest absolute Gasteiger partial charge is 0.387 e. The van der Waals surface area contributed by atoms with Gasteiger partial charge in [-0.15, -0.1) is 0 Å². The van der Waals surface area contributed by atoms with E-state index in [0.29, 0.717) is 5.56 Å². The number of rotatable bonds is 6. The number of carbonyl (C=O) groups excluding carboxylic acids is 1. The lowest BCUT2D eigenvalue weighted by Gasteiger charge is -2.14. The first-order valence-corrected chi connectivity index (χ1v) is 6.99. The second-order valence-electron chi connectivity index (χ2n) is 3.83. The molecule has 1 aromatic carbocycles. The highest BCUT2D eigenvalue weighted by Gasteiger charge is 2.12. The van der Waals surface area contributed by atoms with E-state index in [1.54, 1.807) is 0 Å². The van der Waals surface area contributed by atoms with E-state index < -0.39 is 0 Å². The number of thioether (sulfide) groups is 1. The molecule has 94 valence electrons. The van der Waals surface area contributed by atoms with E-state index in [4.69, 9.17) is 0 Å². The van der Waals surface area contributed by atoms with Gasteiger partial charge in [0.05, 0.1) is 5.56 Å². The molecule has 0 spiro atoms. The van der Waals surface area contributed by atoms with Crippen molar-refractivity contribution in [3.63, 3.8) is 0 Å². The predicted octanol–water partition coefficient (Wildman–Crippen LogP) is 2.60. The molecular formula is C13H20N2OS. The molecule has 1 atom stereocenters. The quantitative estimate of drug-likeness (QED) is 0.817. The fraction of sp³-hybridized carbons (Fsp3) is 0.462. The molecule has 3 nitrogen and oxygen atoms in total. The summed E-state index contributed by atoms with van der Waals surface area (Å²) in [7, 11) is 1.82. The van der Waals surface area contributed by atoms with Crippen molar-refractivity contribution in [2.75, 3.05) is 23.9 Å². The molecule has 1 rings (SSSR count). The van der Waals surface area contributed by atoms with Gasteiger partial charge in [-0.1, -0.05) is 19.1 Å². The van der Waals surface area contributed by atoms with Gasteiger partial charge < -0.3 is 10.6 Å². The molecule has 0 aliphatic carbocycles. The van der Waals surface area contributed by atoms with Crippen LogP contribution in [0.3, 0.4) is 0 Å². The molecule has 0 radical (unpaired) electrons. The summed E-state index contributed by atoms with van der Waals surface area (Å²) in [5.41, 5.74) is 1.56. The molecule has 1 aromatic rings. The Kier molecular flexibility index (Phi) is 5.91. The highest BCUT2D eigenvalue weighted by molar-refractivity contribution is 7.99. The number of hydrogen-bond acceptors (Lipinski definition) is 3. The molecular weight excluding hydrogens is 232 g/mol. The summed E-state index contributed by atoms with van der Waals surface area (Å²) in [6, 6.07) is 7.72. The summed E-state index contributed by atoms with van der Waals surface area (Å²) in [5.74, 6) is 2.01. The Morgan fingerprint density at radius 3 is 2.76 bits per heavy atom. The second kappa shape index (κ2) is 7.22. The maximum absolute atomic E-state index is 12.0. The summed E-state index contributed by atoms with van der Waals surface area (Å²) in [6.07, 6.45) is 0. The Bertz CT molecular complexity index is 368. The van der Waals surface area contributed by atoms with Gasteiger partial charge in [-0.25, -0.2) is 0 Å². The van der Waals surface area contributed by atoms with Gasteiger partial charge in [0.2, 0.25) is 0 Å². The lowest BCUT2D eigenvalue weighted by Crippen LogP contribution is -2.34. The first-order valence-electron chi connectivity index (χ1n) is 5.84. The number of nitrogens with one attached hydrogen (secondary N) is 2. The smallest absolute Gasteiger partial charge is 0.253 e. The van der Waals surface area contributed by atoms with Crippen LogP contribution in [0.2, 0.25) is 0 Å². The Morgan fingerprint density at radius 1 is 1.41 bits per heavy atom. The third-order valence-corrected chi connectivity index (χ3v) is 3.53. The van der Waals surface area contributed by atoms with E-state index in [2.05, 4.69) is 17.6 Å². The monoisotopic (exact) mass is 252 g/mol. The van der Waals surface area contributed by atoms with Crippen molar-refractivity contribution < 1.29 is 4.79 Å². The van der Waals surface area contributed by atoms with E-state index in [9.17, 15) is 4.79 Å². The van der Waals surface area contributed by atoms with Gasteiger partial charge in [0.15, 0.2) is 0 Å². The number of amides is 1. The average Bonchev–Trinajstić information content (AvgIpc) is 2.36. The van der Waals surface area contributed by atoms with Crippen molar-refractivity contribution in [1.82, 2.24) is 5.32 Å². The number of carbonyl (C=O) groups is 1. The minimum Gasteiger partial charge on any atom is -0.387 e. The molecule has 0 fully saturated rings. The number of hydrogen-bond donors (Lipinski definition) is 2. The molecule has 0 saturated heterocycles. The molecule has 1 amide bonds. The number of anilines is 1. The molecule has 0 heterocycles. The SMILES string of the molecule is CCSCC(C)NC(=O)c1ccccc1NC. The van der Waals surface area contributed by atoms with Crippen LogP contribution < -0.4 is 10.6 Å². The Labute approximate surface area is 107 Å². The van der Waals surface area contributed by atoms with Gasteiger partial charge in [-0.3, -0.25) is 4.79 Å². The molecule has 4 heteroatoms. The molecule has 2 N–H and O–H groups in total. The van der Waals surface area contributed by atoms with Gasteiger partial charge in [-0.2, -0.15) is 11.8 Å². The van der Waals surface area contributed by atoms with E-state index in [-0.39, 0.29) is 11.9 Å². The van der Waals surface area contributed by atoms with E-state index in [0.717, 1.165) is 17.2 Å². The first-order chi connectivity index (χ1) is 8.19. The van der Waals surface area contributed by atoms with Crippen molar-refractivity contribution in [3.8, 4) is 0 Å². The molecule has 0 aliphatic heterocycles. The zero-order chi connectivity index (χ0) is 12.7. The van der Waals surface area contributed by atoms with Crippen LogP contribution in [0, 0.1) is 0 Å². The summed E-state index contributed by atoms with van der Waals surface area (Å²) in [4.78, 5) is 12.0. The minimum atomic E-state index is -0.0147. The van der Waals surface area contributed by atoms with Crippen LogP contribution in [0.15, 0.2) is 24.3 Å².